The summed E-state index contributed by atoms with van der Waals surface area (Å²) in [6, 6.07) is 9.42. The fourth-order valence-corrected chi connectivity index (χ4v) is 1.70. The molecular weight excluding hydrogens is 242 g/mol. The number of nitrogens with zero attached hydrogens (tertiary/aromatic N) is 1. The van der Waals surface area contributed by atoms with E-state index in [1.165, 1.54) is 0 Å². The number of nitrogens with one attached hydrogen (secondary N) is 1. The quantitative estimate of drug-likeness (QED) is 0.806. The summed E-state index contributed by atoms with van der Waals surface area (Å²) in [7, 11) is 3.20. The molecule has 0 spiro atoms. The van der Waals surface area contributed by atoms with Crippen molar-refractivity contribution in [1.82, 2.24) is 4.98 Å². The van der Waals surface area contributed by atoms with Gasteiger partial charge in [0.2, 0.25) is 5.88 Å². The van der Waals surface area contributed by atoms with E-state index in [0.717, 1.165) is 11.3 Å². The first-order valence-electron chi connectivity index (χ1n) is 5.89. The Hall–Kier alpha value is -2.43. The van der Waals surface area contributed by atoms with Crippen molar-refractivity contribution in [2.24, 2.45) is 0 Å². The summed E-state index contributed by atoms with van der Waals surface area (Å²) in [4.78, 5) is 4.07. The normalized spacial score (nSPS) is 10.0. The number of hydrogen-bond donors (Lipinski definition) is 2. The molecule has 3 N–H and O–H groups in total. The molecule has 1 heterocycles. The summed E-state index contributed by atoms with van der Waals surface area (Å²) in [6.45, 7) is 0.673. The molecule has 1 aromatic carbocycles. The number of nitrogens with two attached hydrogens (primary N) is 1. The van der Waals surface area contributed by atoms with Crippen molar-refractivity contribution < 1.29 is 9.47 Å². The molecule has 0 bridgehead atoms. The average molecular weight is 259 g/mol. The third kappa shape index (κ3) is 3.28. The number of nitrogen functional groups attached to an aromatic ring is 1. The minimum Gasteiger partial charge on any atom is -0.495 e. The molecule has 5 heteroatoms. The number of methoxy groups -OCH3 is 2. The van der Waals surface area contributed by atoms with Gasteiger partial charge >= 0.3 is 0 Å². The van der Waals surface area contributed by atoms with Gasteiger partial charge in [0.05, 0.1) is 19.9 Å². The van der Waals surface area contributed by atoms with Crippen LogP contribution in [0.1, 0.15) is 5.56 Å². The minimum atomic E-state index is 0.606. The lowest BCUT2D eigenvalue weighted by Gasteiger charge is -2.10. The Kier molecular flexibility index (Phi) is 4.07. The van der Waals surface area contributed by atoms with Gasteiger partial charge in [-0.05, 0) is 23.8 Å². The van der Waals surface area contributed by atoms with E-state index >= 15 is 0 Å². The van der Waals surface area contributed by atoms with E-state index in [9.17, 15) is 0 Å². The lowest BCUT2D eigenvalue weighted by molar-refractivity contribution is 0.397. The SMILES string of the molecule is COc1cc(CNc2ccc(N)c(OC)c2)ccn1. The van der Waals surface area contributed by atoms with Crippen molar-refractivity contribution >= 4 is 11.4 Å². The van der Waals surface area contributed by atoms with Gasteiger partial charge in [0, 0.05) is 30.6 Å². The molecule has 0 saturated carbocycles. The van der Waals surface area contributed by atoms with Gasteiger partial charge in [-0.25, -0.2) is 4.98 Å². The number of hydrogen-bond acceptors (Lipinski definition) is 5. The van der Waals surface area contributed by atoms with E-state index < -0.39 is 0 Å². The Morgan fingerprint density at radius 1 is 1.16 bits per heavy atom. The van der Waals surface area contributed by atoms with Crippen LogP contribution in [0.15, 0.2) is 36.5 Å². The first-order valence-corrected chi connectivity index (χ1v) is 5.89. The van der Waals surface area contributed by atoms with Crippen LogP contribution in [0.4, 0.5) is 11.4 Å². The fraction of sp³-hybridized carbons (Fsp3) is 0.214. The molecule has 0 fully saturated rings. The molecule has 0 aliphatic heterocycles. The second-order valence-electron chi connectivity index (χ2n) is 4.02. The fourth-order valence-electron chi connectivity index (χ4n) is 1.70. The molecule has 0 aliphatic rings. The Balaban J connectivity index is 2.05. The van der Waals surface area contributed by atoms with Crippen LogP contribution in [0.3, 0.4) is 0 Å². The van der Waals surface area contributed by atoms with E-state index in [2.05, 4.69) is 10.3 Å². The topological polar surface area (TPSA) is 69.4 Å². The Morgan fingerprint density at radius 2 is 2.00 bits per heavy atom. The third-order valence-electron chi connectivity index (χ3n) is 2.74. The standard InChI is InChI=1S/C14H17N3O2/c1-18-13-8-11(3-4-12(13)15)17-9-10-5-6-16-14(7-10)19-2/h3-8,17H,9,15H2,1-2H3. The van der Waals surface area contributed by atoms with Crippen LogP contribution >= 0.6 is 0 Å². The number of aromatic nitrogens is 1. The van der Waals surface area contributed by atoms with E-state index in [1.54, 1.807) is 20.4 Å². The molecular formula is C14H17N3O2. The van der Waals surface area contributed by atoms with Crippen molar-refractivity contribution in [2.75, 3.05) is 25.3 Å². The van der Waals surface area contributed by atoms with Gasteiger partial charge in [0.25, 0.3) is 0 Å². The van der Waals surface area contributed by atoms with Crippen LogP contribution in [-0.2, 0) is 6.54 Å². The van der Waals surface area contributed by atoms with Gasteiger partial charge in [-0.3, -0.25) is 0 Å². The molecule has 0 aliphatic carbocycles. The molecule has 0 unspecified atom stereocenters. The zero-order chi connectivity index (χ0) is 13.7. The maximum Gasteiger partial charge on any atom is 0.213 e. The molecule has 2 rings (SSSR count). The molecule has 2 aromatic rings. The van der Waals surface area contributed by atoms with Crippen molar-refractivity contribution in [3.05, 3.63) is 42.1 Å². The van der Waals surface area contributed by atoms with Gasteiger partial charge in [0.1, 0.15) is 5.75 Å². The van der Waals surface area contributed by atoms with Crippen molar-refractivity contribution in [3.63, 3.8) is 0 Å². The second kappa shape index (κ2) is 5.95. The molecule has 1 aromatic heterocycles. The number of benzene rings is 1. The lowest BCUT2D eigenvalue weighted by Crippen LogP contribution is -2.01. The van der Waals surface area contributed by atoms with E-state index in [1.807, 2.05) is 30.3 Å². The first kappa shape index (κ1) is 13.0. The van der Waals surface area contributed by atoms with Crippen LogP contribution in [-0.4, -0.2) is 19.2 Å². The van der Waals surface area contributed by atoms with Gasteiger partial charge in [-0.1, -0.05) is 0 Å². The van der Waals surface area contributed by atoms with Crippen LogP contribution in [0.2, 0.25) is 0 Å². The summed E-state index contributed by atoms with van der Waals surface area (Å²) < 4.78 is 10.3. The van der Waals surface area contributed by atoms with Crippen LogP contribution in [0.5, 0.6) is 11.6 Å². The Bertz CT molecular complexity index is 558. The highest BCUT2D eigenvalue weighted by Crippen LogP contribution is 2.25. The Morgan fingerprint density at radius 3 is 2.74 bits per heavy atom. The van der Waals surface area contributed by atoms with E-state index in [4.69, 9.17) is 15.2 Å². The first-order chi connectivity index (χ1) is 9.22. The van der Waals surface area contributed by atoms with Crippen LogP contribution in [0.25, 0.3) is 0 Å². The summed E-state index contributed by atoms with van der Waals surface area (Å²) in [5, 5.41) is 3.30. The largest absolute Gasteiger partial charge is 0.495 e. The number of rotatable bonds is 5. The lowest BCUT2D eigenvalue weighted by atomic mass is 10.2. The van der Waals surface area contributed by atoms with E-state index in [-0.39, 0.29) is 0 Å². The minimum absolute atomic E-state index is 0.606. The van der Waals surface area contributed by atoms with Crippen molar-refractivity contribution in [1.29, 1.82) is 0 Å². The molecule has 0 radical (unpaired) electrons. The smallest absolute Gasteiger partial charge is 0.213 e. The van der Waals surface area contributed by atoms with Crippen LogP contribution < -0.4 is 20.5 Å². The summed E-state index contributed by atoms with van der Waals surface area (Å²) in [5.74, 6) is 1.27. The highest BCUT2D eigenvalue weighted by atomic mass is 16.5. The summed E-state index contributed by atoms with van der Waals surface area (Å²) >= 11 is 0. The van der Waals surface area contributed by atoms with Gasteiger partial charge in [-0.15, -0.1) is 0 Å². The summed E-state index contributed by atoms with van der Waals surface area (Å²) in [6.07, 6.45) is 1.72. The third-order valence-corrected chi connectivity index (χ3v) is 2.74. The molecule has 0 saturated heterocycles. The monoisotopic (exact) mass is 259 g/mol. The van der Waals surface area contributed by atoms with Gasteiger partial charge < -0.3 is 20.5 Å². The predicted molar refractivity (Wildman–Crippen MR) is 75.5 cm³/mol. The van der Waals surface area contributed by atoms with Crippen molar-refractivity contribution in [2.45, 2.75) is 6.54 Å². The number of pyridine rings is 1. The Labute approximate surface area is 112 Å². The zero-order valence-electron chi connectivity index (χ0n) is 11.0. The second-order valence-corrected chi connectivity index (χ2v) is 4.02. The highest BCUT2D eigenvalue weighted by Gasteiger charge is 2.01. The molecule has 100 valence electrons. The van der Waals surface area contributed by atoms with Gasteiger partial charge in [-0.2, -0.15) is 0 Å². The van der Waals surface area contributed by atoms with Crippen molar-refractivity contribution in [3.8, 4) is 11.6 Å². The average Bonchev–Trinajstić information content (AvgIpc) is 2.46. The molecule has 19 heavy (non-hydrogen) atoms. The number of anilines is 2. The van der Waals surface area contributed by atoms with Crippen LogP contribution in [0, 0.1) is 0 Å². The highest BCUT2D eigenvalue weighted by molar-refractivity contribution is 5.61. The molecule has 5 nitrogen and oxygen atoms in total. The van der Waals surface area contributed by atoms with Gasteiger partial charge in [0.15, 0.2) is 0 Å². The van der Waals surface area contributed by atoms with E-state index in [0.29, 0.717) is 23.9 Å². The molecule has 0 amide bonds. The maximum atomic E-state index is 5.77. The zero-order valence-corrected chi connectivity index (χ0v) is 11.0. The predicted octanol–water partition coefficient (Wildman–Crippen LogP) is 2.29. The molecule has 0 atom stereocenters. The maximum absolute atomic E-state index is 5.77. The summed E-state index contributed by atoms with van der Waals surface area (Å²) in [5.41, 5.74) is 8.42. The number of ether oxygens (including phenoxy) is 2.